The Kier molecular flexibility index (Phi) is 5.07. The molecule has 0 fully saturated rings. The van der Waals surface area contributed by atoms with Gasteiger partial charge in [-0.05, 0) is 42.3 Å². The van der Waals surface area contributed by atoms with Crippen molar-refractivity contribution in [3.8, 4) is 16.9 Å². The molecule has 1 unspecified atom stereocenters. The Morgan fingerprint density at radius 1 is 1.28 bits per heavy atom. The maximum atomic E-state index is 13.8. The normalized spacial score (nSPS) is 15.5. The summed E-state index contributed by atoms with van der Waals surface area (Å²) in [5, 5.41) is 12.6. The Morgan fingerprint density at radius 3 is 2.69 bits per heavy atom. The van der Waals surface area contributed by atoms with Crippen LogP contribution in [0.25, 0.3) is 11.1 Å². The second-order valence-corrected chi connectivity index (χ2v) is 7.72. The molecule has 1 aliphatic heterocycles. The molecule has 148 valence electrons. The summed E-state index contributed by atoms with van der Waals surface area (Å²) in [7, 11) is 0. The van der Waals surface area contributed by atoms with Gasteiger partial charge >= 0.3 is 5.97 Å². The van der Waals surface area contributed by atoms with Crippen molar-refractivity contribution in [1.29, 1.82) is 0 Å². The van der Waals surface area contributed by atoms with Crippen molar-refractivity contribution < 1.29 is 23.8 Å². The number of carbonyl (C=O) groups excluding carboxylic acids is 1. The molecule has 29 heavy (non-hydrogen) atoms. The number of fused-ring (bicyclic) bond motifs is 1. The monoisotopic (exact) mass is 411 g/mol. The summed E-state index contributed by atoms with van der Waals surface area (Å²) in [6.45, 7) is 2.46. The van der Waals surface area contributed by atoms with Crippen LogP contribution in [0.4, 0.5) is 10.1 Å². The predicted molar refractivity (Wildman–Crippen MR) is 109 cm³/mol. The number of hydrogen-bond donors (Lipinski definition) is 2. The third kappa shape index (κ3) is 3.61. The van der Waals surface area contributed by atoms with E-state index in [0.717, 1.165) is 27.5 Å². The van der Waals surface area contributed by atoms with Crippen molar-refractivity contribution in [2.45, 2.75) is 19.3 Å². The predicted octanol–water partition coefficient (Wildman–Crippen LogP) is 5.13. The number of amides is 1. The molecule has 3 aromatic rings. The number of hydrogen-bond acceptors (Lipinski definition) is 4. The van der Waals surface area contributed by atoms with Crippen molar-refractivity contribution >= 4 is 28.9 Å². The first-order chi connectivity index (χ1) is 14.0. The highest BCUT2D eigenvalue weighted by molar-refractivity contribution is 7.15. The molecule has 0 saturated carbocycles. The van der Waals surface area contributed by atoms with Gasteiger partial charge in [-0.25, -0.2) is 9.18 Å². The van der Waals surface area contributed by atoms with E-state index in [1.54, 1.807) is 6.07 Å². The summed E-state index contributed by atoms with van der Waals surface area (Å²) in [6, 6.07) is 13.2. The zero-order valence-electron chi connectivity index (χ0n) is 15.6. The maximum absolute atomic E-state index is 13.8. The zero-order chi connectivity index (χ0) is 20.5. The Morgan fingerprint density at radius 2 is 2.03 bits per heavy atom. The molecule has 1 atom stereocenters. The fourth-order valence-electron chi connectivity index (χ4n) is 3.59. The van der Waals surface area contributed by atoms with Gasteiger partial charge in [-0.2, -0.15) is 0 Å². The molecule has 4 rings (SSSR count). The van der Waals surface area contributed by atoms with Crippen molar-refractivity contribution in [2.24, 2.45) is 0 Å². The van der Waals surface area contributed by atoms with E-state index in [1.165, 1.54) is 18.2 Å². The Balaban J connectivity index is 1.86. The molecule has 0 bridgehead atoms. The fraction of sp³-hybridized carbons (Fsp3) is 0.182. The van der Waals surface area contributed by atoms with Gasteiger partial charge < -0.3 is 15.2 Å². The largest absolute Gasteiger partial charge is 0.494 e. The van der Waals surface area contributed by atoms with Crippen molar-refractivity contribution in [2.75, 3.05) is 11.9 Å². The van der Waals surface area contributed by atoms with E-state index in [0.29, 0.717) is 23.4 Å². The molecular weight excluding hydrogens is 393 g/mol. The van der Waals surface area contributed by atoms with E-state index in [4.69, 9.17) is 4.74 Å². The summed E-state index contributed by atoms with van der Waals surface area (Å²) in [5.74, 6) is -1.33. The molecule has 1 aromatic heterocycles. The first-order valence-electron chi connectivity index (χ1n) is 9.16. The first-order valence-corrected chi connectivity index (χ1v) is 9.98. The van der Waals surface area contributed by atoms with Crippen LogP contribution in [0, 0.1) is 5.82 Å². The minimum absolute atomic E-state index is 0.0822. The fourth-order valence-corrected chi connectivity index (χ4v) is 4.84. The van der Waals surface area contributed by atoms with Gasteiger partial charge in [0.15, 0.2) is 0 Å². The van der Waals surface area contributed by atoms with Gasteiger partial charge in [-0.3, -0.25) is 4.79 Å². The van der Waals surface area contributed by atoms with Crippen LogP contribution in [0.15, 0.2) is 48.5 Å². The molecular formula is C22H18FNO4S. The zero-order valence-corrected chi connectivity index (χ0v) is 16.4. The number of carbonyl (C=O) groups is 2. The van der Waals surface area contributed by atoms with Gasteiger partial charge in [0.2, 0.25) is 5.91 Å². The van der Waals surface area contributed by atoms with E-state index in [-0.39, 0.29) is 23.1 Å². The topological polar surface area (TPSA) is 75.6 Å². The lowest BCUT2D eigenvalue weighted by Gasteiger charge is -2.24. The van der Waals surface area contributed by atoms with Crippen molar-refractivity contribution in [1.82, 2.24) is 0 Å². The molecule has 2 N–H and O–H groups in total. The Labute approximate surface area is 170 Å². The number of ether oxygens (including phenoxy) is 1. The number of thiophene rings is 1. The molecule has 1 aliphatic rings. The van der Waals surface area contributed by atoms with Crippen LogP contribution in [-0.2, 0) is 4.79 Å². The minimum Gasteiger partial charge on any atom is -0.494 e. The number of halogens is 1. The van der Waals surface area contributed by atoms with Crippen LogP contribution in [0.2, 0.25) is 0 Å². The van der Waals surface area contributed by atoms with Crippen molar-refractivity contribution in [3.05, 3.63) is 69.7 Å². The standard InChI is InChI=1S/C22H18FNO4S/c1-2-28-15-8-6-12(7-9-15)16-11-17(25)24-19-18(13-4-3-5-14(23)10-13)21(22(26)27)29-20(16)19/h3-10,16H,2,11H2,1H3,(H,24,25)(H,26,27). The molecule has 7 heteroatoms. The molecule has 0 saturated heterocycles. The molecule has 2 heterocycles. The quantitative estimate of drug-likeness (QED) is 0.611. The molecule has 5 nitrogen and oxygen atoms in total. The summed E-state index contributed by atoms with van der Waals surface area (Å²) in [6.07, 6.45) is 0.211. The van der Waals surface area contributed by atoms with Crippen LogP contribution in [0.1, 0.15) is 39.4 Å². The van der Waals surface area contributed by atoms with Gasteiger partial charge in [-0.1, -0.05) is 24.3 Å². The molecule has 2 aromatic carbocycles. The molecule has 1 amide bonds. The average Bonchev–Trinajstić information content (AvgIpc) is 3.08. The number of rotatable bonds is 5. The second-order valence-electron chi connectivity index (χ2n) is 6.67. The highest BCUT2D eigenvalue weighted by Gasteiger charge is 2.34. The highest BCUT2D eigenvalue weighted by atomic mass is 32.1. The van der Waals surface area contributed by atoms with E-state index >= 15 is 0 Å². The van der Waals surface area contributed by atoms with Gasteiger partial charge in [-0.15, -0.1) is 11.3 Å². The lowest BCUT2D eigenvalue weighted by atomic mass is 9.88. The van der Waals surface area contributed by atoms with Crippen LogP contribution in [0.3, 0.4) is 0 Å². The minimum atomic E-state index is -1.11. The summed E-state index contributed by atoms with van der Waals surface area (Å²) in [4.78, 5) is 25.2. The molecule has 0 radical (unpaired) electrons. The van der Waals surface area contributed by atoms with Gasteiger partial charge in [0.25, 0.3) is 0 Å². The summed E-state index contributed by atoms with van der Waals surface area (Å²) >= 11 is 1.12. The van der Waals surface area contributed by atoms with E-state index in [1.807, 2.05) is 31.2 Å². The number of carboxylic acid groups (broad SMARTS) is 1. The maximum Gasteiger partial charge on any atom is 0.346 e. The summed E-state index contributed by atoms with van der Waals surface area (Å²) < 4.78 is 19.3. The lowest BCUT2D eigenvalue weighted by molar-refractivity contribution is -0.116. The number of aromatic carboxylic acids is 1. The first kappa shape index (κ1) is 19.1. The van der Waals surface area contributed by atoms with Gasteiger partial charge in [0, 0.05) is 22.8 Å². The van der Waals surface area contributed by atoms with Crippen molar-refractivity contribution in [3.63, 3.8) is 0 Å². The third-order valence-corrected chi connectivity index (χ3v) is 6.10. The summed E-state index contributed by atoms with van der Waals surface area (Å²) in [5.41, 5.74) is 2.12. The number of anilines is 1. The van der Waals surface area contributed by atoms with Crippen LogP contribution in [0.5, 0.6) is 5.75 Å². The van der Waals surface area contributed by atoms with Gasteiger partial charge in [0.1, 0.15) is 16.4 Å². The van der Waals surface area contributed by atoms with Gasteiger partial charge in [0.05, 0.1) is 12.3 Å². The Bertz CT molecular complexity index is 1090. The third-order valence-electron chi connectivity index (χ3n) is 4.81. The average molecular weight is 411 g/mol. The van der Waals surface area contributed by atoms with E-state index < -0.39 is 11.8 Å². The smallest absolute Gasteiger partial charge is 0.346 e. The number of nitrogens with one attached hydrogen (secondary N) is 1. The van der Waals surface area contributed by atoms with E-state index in [2.05, 4.69) is 5.32 Å². The number of carboxylic acids is 1. The SMILES string of the molecule is CCOc1ccc(C2CC(=O)Nc3c2sc(C(=O)O)c3-c2cccc(F)c2)cc1. The lowest BCUT2D eigenvalue weighted by Crippen LogP contribution is -2.22. The number of benzene rings is 2. The highest BCUT2D eigenvalue weighted by Crippen LogP contribution is 2.49. The molecule has 0 aliphatic carbocycles. The van der Waals surface area contributed by atoms with Crippen LogP contribution >= 0.6 is 11.3 Å². The second kappa shape index (κ2) is 7.67. The van der Waals surface area contributed by atoms with Crippen LogP contribution in [-0.4, -0.2) is 23.6 Å². The molecule has 0 spiro atoms. The Hall–Kier alpha value is -3.19. The van der Waals surface area contributed by atoms with E-state index in [9.17, 15) is 19.1 Å². The van der Waals surface area contributed by atoms with Crippen LogP contribution < -0.4 is 10.1 Å².